The van der Waals surface area contributed by atoms with Gasteiger partial charge in [-0.3, -0.25) is 10.1 Å². The molecule has 37 heavy (non-hydrogen) atoms. The Labute approximate surface area is 216 Å². The molecule has 194 valence electrons. The number of carboxylic acid groups (broad SMARTS) is 1. The number of carboxylic acids is 1. The Morgan fingerprint density at radius 3 is 2.30 bits per heavy atom. The minimum Gasteiger partial charge on any atom is -0.484 e. The number of unbranched alkanes of at least 4 members (excludes halogenated alkanes) is 3. The number of ether oxygens (including phenoxy) is 2. The maximum atomic E-state index is 13.0. The first-order valence-corrected chi connectivity index (χ1v) is 12.4. The third-order valence-corrected chi connectivity index (χ3v) is 6.04. The van der Waals surface area contributed by atoms with E-state index in [1.807, 2.05) is 25.1 Å². The third kappa shape index (κ3) is 7.39. The van der Waals surface area contributed by atoms with Crippen LogP contribution in [0.5, 0.6) is 11.5 Å². The standard InChI is InChI=1S/C29H31NO7/c1-3-5-6-10-13-23(4-2)36-26-17-15-22(18-25(26)30(34)35)29(33)37-27-19-21(28(31)32)14-16-24(27)20-11-8-7-9-12-20/h7-9,11-12,14-19,23H,3-6,10,13H2,1-2H3,(H,31,32). The second-order valence-corrected chi connectivity index (χ2v) is 8.71. The lowest BCUT2D eigenvalue weighted by molar-refractivity contribution is -0.386. The van der Waals surface area contributed by atoms with Crippen LogP contribution in [0.25, 0.3) is 11.1 Å². The monoisotopic (exact) mass is 505 g/mol. The van der Waals surface area contributed by atoms with E-state index in [9.17, 15) is 24.8 Å². The molecule has 0 bridgehead atoms. The van der Waals surface area contributed by atoms with Crippen LogP contribution >= 0.6 is 0 Å². The summed E-state index contributed by atoms with van der Waals surface area (Å²) in [6.45, 7) is 4.10. The quantitative estimate of drug-likeness (QED) is 0.0851. The summed E-state index contributed by atoms with van der Waals surface area (Å²) >= 11 is 0. The van der Waals surface area contributed by atoms with Crippen molar-refractivity contribution in [2.75, 3.05) is 0 Å². The minimum atomic E-state index is -1.17. The molecule has 1 atom stereocenters. The average Bonchev–Trinajstić information content (AvgIpc) is 2.90. The van der Waals surface area contributed by atoms with Gasteiger partial charge in [-0.25, -0.2) is 9.59 Å². The van der Waals surface area contributed by atoms with E-state index in [1.165, 1.54) is 24.3 Å². The summed E-state index contributed by atoms with van der Waals surface area (Å²) in [6.07, 6.45) is 5.64. The molecule has 0 aliphatic carbocycles. The lowest BCUT2D eigenvalue weighted by Gasteiger charge is -2.18. The number of hydrogen-bond donors (Lipinski definition) is 1. The Balaban J connectivity index is 1.86. The molecule has 1 unspecified atom stereocenters. The molecule has 8 nitrogen and oxygen atoms in total. The zero-order chi connectivity index (χ0) is 26.8. The fourth-order valence-corrected chi connectivity index (χ4v) is 3.97. The van der Waals surface area contributed by atoms with Crippen LogP contribution in [0.4, 0.5) is 5.69 Å². The first-order chi connectivity index (χ1) is 17.8. The Hall–Kier alpha value is -4.20. The number of benzene rings is 3. The van der Waals surface area contributed by atoms with E-state index in [0.717, 1.165) is 43.7 Å². The van der Waals surface area contributed by atoms with Crippen LogP contribution < -0.4 is 9.47 Å². The van der Waals surface area contributed by atoms with E-state index in [2.05, 4.69) is 6.92 Å². The van der Waals surface area contributed by atoms with Crippen LogP contribution in [0.3, 0.4) is 0 Å². The summed E-state index contributed by atoms with van der Waals surface area (Å²) in [5.41, 5.74) is 0.810. The third-order valence-electron chi connectivity index (χ3n) is 6.04. The van der Waals surface area contributed by atoms with Crippen LogP contribution in [0, 0.1) is 10.1 Å². The number of nitro benzene ring substituents is 1. The van der Waals surface area contributed by atoms with E-state index in [1.54, 1.807) is 18.2 Å². The predicted molar refractivity (Wildman–Crippen MR) is 140 cm³/mol. The predicted octanol–water partition coefficient (Wildman–Crippen LogP) is 7.31. The SMILES string of the molecule is CCCCCCC(CC)Oc1ccc(C(=O)Oc2cc(C(=O)O)ccc2-c2ccccc2)cc1[N+](=O)[O-]. The smallest absolute Gasteiger partial charge is 0.343 e. The summed E-state index contributed by atoms with van der Waals surface area (Å²) in [5.74, 6) is -1.88. The van der Waals surface area contributed by atoms with E-state index in [0.29, 0.717) is 12.0 Å². The van der Waals surface area contributed by atoms with Crippen molar-refractivity contribution in [2.24, 2.45) is 0 Å². The van der Waals surface area contributed by atoms with Gasteiger partial charge in [-0.15, -0.1) is 0 Å². The molecule has 0 fully saturated rings. The topological polar surface area (TPSA) is 116 Å². The van der Waals surface area contributed by atoms with Gasteiger partial charge in [-0.2, -0.15) is 0 Å². The zero-order valence-electron chi connectivity index (χ0n) is 21.0. The fourth-order valence-electron chi connectivity index (χ4n) is 3.97. The van der Waals surface area contributed by atoms with E-state index in [-0.39, 0.29) is 34.4 Å². The molecule has 8 heteroatoms. The number of hydrogen-bond acceptors (Lipinski definition) is 6. The van der Waals surface area contributed by atoms with Crippen LogP contribution in [0.1, 0.15) is 73.1 Å². The lowest BCUT2D eigenvalue weighted by Crippen LogP contribution is -2.16. The van der Waals surface area contributed by atoms with Crippen molar-refractivity contribution >= 4 is 17.6 Å². The summed E-state index contributed by atoms with van der Waals surface area (Å²) < 4.78 is 11.5. The van der Waals surface area contributed by atoms with Crippen molar-refractivity contribution < 1.29 is 29.1 Å². The maximum Gasteiger partial charge on any atom is 0.343 e. The Bertz CT molecular complexity index is 1240. The minimum absolute atomic E-state index is 0.0391. The molecular weight excluding hydrogens is 474 g/mol. The van der Waals surface area contributed by atoms with E-state index < -0.39 is 16.9 Å². The molecule has 0 aliphatic rings. The first-order valence-electron chi connectivity index (χ1n) is 12.4. The Kier molecular flexibility index (Phi) is 9.77. The molecule has 0 aromatic heterocycles. The average molecular weight is 506 g/mol. The molecule has 3 aromatic carbocycles. The number of esters is 1. The highest BCUT2D eigenvalue weighted by atomic mass is 16.6. The lowest BCUT2D eigenvalue weighted by atomic mass is 10.0. The number of carbonyl (C=O) groups excluding carboxylic acids is 1. The van der Waals surface area contributed by atoms with Crippen molar-refractivity contribution in [3.8, 4) is 22.6 Å². The Morgan fingerprint density at radius 2 is 1.65 bits per heavy atom. The summed E-state index contributed by atoms with van der Waals surface area (Å²) in [4.78, 5) is 35.7. The molecule has 1 N–H and O–H groups in total. The molecule has 3 aromatic rings. The maximum absolute atomic E-state index is 13.0. The van der Waals surface area contributed by atoms with Crippen molar-refractivity contribution in [1.82, 2.24) is 0 Å². The van der Waals surface area contributed by atoms with Crippen molar-refractivity contribution in [3.63, 3.8) is 0 Å². The zero-order valence-corrected chi connectivity index (χ0v) is 21.0. The second kappa shape index (κ2) is 13.2. The normalized spacial score (nSPS) is 11.5. The van der Waals surface area contributed by atoms with Crippen molar-refractivity contribution in [3.05, 3.63) is 88.0 Å². The van der Waals surface area contributed by atoms with Crippen molar-refractivity contribution in [1.29, 1.82) is 0 Å². The van der Waals surface area contributed by atoms with Crippen LogP contribution in [0.2, 0.25) is 0 Å². The molecule has 0 aliphatic heterocycles. The van der Waals surface area contributed by atoms with E-state index in [4.69, 9.17) is 9.47 Å². The largest absolute Gasteiger partial charge is 0.484 e. The van der Waals surface area contributed by atoms with Gasteiger partial charge in [0.15, 0.2) is 5.75 Å². The van der Waals surface area contributed by atoms with E-state index >= 15 is 0 Å². The second-order valence-electron chi connectivity index (χ2n) is 8.71. The molecule has 0 radical (unpaired) electrons. The van der Waals surface area contributed by atoms with Crippen molar-refractivity contribution in [2.45, 2.75) is 58.5 Å². The summed E-state index contributed by atoms with van der Waals surface area (Å²) in [5, 5.41) is 21.2. The molecular formula is C29H31NO7. The van der Waals surface area contributed by atoms with Gasteiger partial charge in [-0.05, 0) is 55.2 Å². The highest BCUT2D eigenvalue weighted by molar-refractivity contribution is 5.95. The number of nitro groups is 1. The molecule has 0 saturated carbocycles. The molecule has 0 amide bonds. The molecule has 0 heterocycles. The number of carbonyl (C=O) groups is 2. The summed E-state index contributed by atoms with van der Waals surface area (Å²) in [7, 11) is 0. The Morgan fingerprint density at radius 1 is 0.919 bits per heavy atom. The van der Waals surface area contributed by atoms with Gasteiger partial charge in [0.2, 0.25) is 0 Å². The highest BCUT2D eigenvalue weighted by Gasteiger charge is 2.23. The summed E-state index contributed by atoms with van der Waals surface area (Å²) in [6, 6.07) is 17.3. The highest BCUT2D eigenvalue weighted by Crippen LogP contribution is 2.34. The first kappa shape index (κ1) is 27.4. The molecule has 3 rings (SSSR count). The van der Waals surface area contributed by atoms with Crippen LogP contribution in [-0.4, -0.2) is 28.1 Å². The molecule has 0 spiro atoms. The van der Waals surface area contributed by atoms with Gasteiger partial charge < -0.3 is 14.6 Å². The number of nitrogens with zero attached hydrogens (tertiary/aromatic N) is 1. The van der Waals surface area contributed by atoms with Crippen LogP contribution in [0.15, 0.2) is 66.7 Å². The van der Waals surface area contributed by atoms with Gasteiger partial charge in [-0.1, -0.05) is 63.4 Å². The van der Waals surface area contributed by atoms with Gasteiger partial charge in [0.05, 0.1) is 22.2 Å². The van der Waals surface area contributed by atoms with Gasteiger partial charge in [0.25, 0.3) is 0 Å². The number of aromatic carboxylic acids is 1. The van der Waals surface area contributed by atoms with Gasteiger partial charge >= 0.3 is 17.6 Å². The molecule has 0 saturated heterocycles. The fraction of sp³-hybridized carbons (Fsp3) is 0.310. The van der Waals surface area contributed by atoms with Gasteiger partial charge in [0.1, 0.15) is 5.75 Å². The van der Waals surface area contributed by atoms with Crippen LogP contribution in [-0.2, 0) is 0 Å². The van der Waals surface area contributed by atoms with Gasteiger partial charge in [0, 0.05) is 11.6 Å². The number of rotatable bonds is 13.